The Bertz CT molecular complexity index is 465. The van der Waals surface area contributed by atoms with E-state index in [0.29, 0.717) is 11.4 Å². The van der Waals surface area contributed by atoms with Crippen LogP contribution in [0.2, 0.25) is 0 Å². The van der Waals surface area contributed by atoms with Gasteiger partial charge in [-0.15, -0.1) is 0 Å². The Morgan fingerprint density at radius 2 is 2.07 bits per heavy atom. The molecule has 0 bridgehead atoms. The van der Waals surface area contributed by atoms with Gasteiger partial charge in [0.15, 0.2) is 0 Å². The second-order valence-corrected chi connectivity index (χ2v) is 2.84. The minimum absolute atomic E-state index is 0.0465. The van der Waals surface area contributed by atoms with Crippen molar-refractivity contribution in [3.63, 3.8) is 0 Å². The number of hydrogen-bond acceptors (Lipinski definition) is 5. The van der Waals surface area contributed by atoms with Crippen LogP contribution in [0.4, 0.5) is 11.7 Å². The summed E-state index contributed by atoms with van der Waals surface area (Å²) in [7, 11) is 0. The number of phenolic OH excluding ortho intramolecular Hbond substituents is 1. The molecule has 0 radical (unpaired) electrons. The van der Waals surface area contributed by atoms with Gasteiger partial charge in [0, 0.05) is 5.56 Å². The lowest BCUT2D eigenvalue weighted by Crippen LogP contribution is -1.87. The van der Waals surface area contributed by atoms with Crippen LogP contribution in [0.25, 0.3) is 11.3 Å². The fourth-order valence-corrected chi connectivity index (χ4v) is 1.13. The monoisotopic (exact) mass is 191 g/mol. The Labute approximate surface area is 80.0 Å². The van der Waals surface area contributed by atoms with E-state index in [1.807, 2.05) is 0 Å². The molecule has 1 aromatic heterocycles. The molecule has 2 aromatic rings. The lowest BCUT2D eigenvalue weighted by Gasteiger charge is -2.00. The van der Waals surface area contributed by atoms with Crippen LogP contribution in [0.5, 0.6) is 5.75 Å². The van der Waals surface area contributed by atoms with Crippen LogP contribution < -0.4 is 11.5 Å². The first-order valence-electron chi connectivity index (χ1n) is 3.96. The highest BCUT2D eigenvalue weighted by atomic mass is 16.4. The first kappa shape index (κ1) is 8.43. The highest BCUT2D eigenvalue weighted by molar-refractivity contribution is 5.67. The van der Waals surface area contributed by atoms with Crippen molar-refractivity contribution in [3.8, 4) is 17.0 Å². The van der Waals surface area contributed by atoms with Gasteiger partial charge in [-0.05, 0) is 18.2 Å². The fourth-order valence-electron chi connectivity index (χ4n) is 1.13. The Hall–Kier alpha value is -2.17. The molecule has 72 valence electrons. The zero-order valence-electron chi connectivity index (χ0n) is 7.27. The third kappa shape index (κ3) is 1.35. The Kier molecular flexibility index (Phi) is 1.78. The number of benzene rings is 1. The molecule has 1 heterocycles. The van der Waals surface area contributed by atoms with Crippen molar-refractivity contribution < 1.29 is 9.52 Å². The first-order valence-corrected chi connectivity index (χ1v) is 3.96. The molecule has 0 spiro atoms. The van der Waals surface area contributed by atoms with E-state index in [0.717, 1.165) is 5.56 Å². The summed E-state index contributed by atoms with van der Waals surface area (Å²) in [6, 6.07) is 4.89. The molecule has 2 rings (SSSR count). The Morgan fingerprint density at radius 3 is 2.64 bits per heavy atom. The molecule has 0 unspecified atom stereocenters. The maximum absolute atomic E-state index is 9.20. The van der Waals surface area contributed by atoms with E-state index in [-0.39, 0.29) is 11.8 Å². The summed E-state index contributed by atoms with van der Waals surface area (Å²) in [5, 5.41) is 9.20. The fraction of sp³-hybridized carbons (Fsp3) is 0. The SMILES string of the molecule is Nc1nc(-c2ccc(O)c(N)c2)co1. The smallest absolute Gasteiger partial charge is 0.292 e. The molecule has 5 nitrogen and oxygen atoms in total. The number of aromatic hydroxyl groups is 1. The van der Waals surface area contributed by atoms with Crippen molar-refractivity contribution in [1.82, 2.24) is 4.98 Å². The van der Waals surface area contributed by atoms with E-state index >= 15 is 0 Å². The van der Waals surface area contributed by atoms with E-state index in [9.17, 15) is 5.11 Å². The van der Waals surface area contributed by atoms with Gasteiger partial charge >= 0.3 is 0 Å². The number of aromatic nitrogens is 1. The molecule has 1 aromatic carbocycles. The lowest BCUT2D eigenvalue weighted by molar-refractivity contribution is 0.478. The molecule has 5 N–H and O–H groups in total. The number of anilines is 2. The zero-order valence-corrected chi connectivity index (χ0v) is 7.27. The van der Waals surface area contributed by atoms with Crippen LogP contribution in [0.3, 0.4) is 0 Å². The van der Waals surface area contributed by atoms with Crippen LogP contribution in [0, 0.1) is 0 Å². The number of oxazole rings is 1. The molecule has 0 saturated carbocycles. The van der Waals surface area contributed by atoms with Gasteiger partial charge in [0.2, 0.25) is 0 Å². The summed E-state index contributed by atoms with van der Waals surface area (Å²) in [6.07, 6.45) is 1.43. The van der Waals surface area contributed by atoms with Gasteiger partial charge in [0.25, 0.3) is 6.01 Å². The standard InChI is InChI=1S/C9H9N3O2/c10-6-3-5(1-2-8(6)13)7-4-14-9(11)12-7/h1-4,13H,10H2,(H2,11,12). The molecule has 0 fully saturated rings. The highest BCUT2D eigenvalue weighted by Gasteiger charge is 2.05. The average molecular weight is 191 g/mol. The van der Waals surface area contributed by atoms with Crippen molar-refractivity contribution >= 4 is 11.7 Å². The minimum Gasteiger partial charge on any atom is -0.506 e. The van der Waals surface area contributed by atoms with E-state index in [4.69, 9.17) is 15.9 Å². The van der Waals surface area contributed by atoms with Gasteiger partial charge in [0.05, 0.1) is 5.69 Å². The zero-order chi connectivity index (χ0) is 10.1. The van der Waals surface area contributed by atoms with Crippen molar-refractivity contribution in [1.29, 1.82) is 0 Å². The van der Waals surface area contributed by atoms with Gasteiger partial charge in [-0.3, -0.25) is 0 Å². The Balaban J connectivity index is 2.47. The Morgan fingerprint density at radius 1 is 1.29 bits per heavy atom. The van der Waals surface area contributed by atoms with Crippen LogP contribution in [0.1, 0.15) is 0 Å². The van der Waals surface area contributed by atoms with Crippen molar-refractivity contribution in [3.05, 3.63) is 24.5 Å². The third-order valence-corrected chi connectivity index (χ3v) is 1.85. The van der Waals surface area contributed by atoms with Crippen LogP contribution in [0.15, 0.2) is 28.9 Å². The van der Waals surface area contributed by atoms with Gasteiger partial charge in [-0.1, -0.05) is 0 Å². The van der Waals surface area contributed by atoms with Crippen LogP contribution >= 0.6 is 0 Å². The molecule has 0 aliphatic rings. The third-order valence-electron chi connectivity index (χ3n) is 1.85. The predicted molar refractivity (Wildman–Crippen MR) is 52.4 cm³/mol. The van der Waals surface area contributed by atoms with Crippen LogP contribution in [-0.4, -0.2) is 10.1 Å². The number of nitrogen functional groups attached to an aromatic ring is 2. The summed E-state index contributed by atoms with van der Waals surface area (Å²) >= 11 is 0. The van der Waals surface area contributed by atoms with Crippen LogP contribution in [-0.2, 0) is 0 Å². The quantitative estimate of drug-likeness (QED) is 0.465. The highest BCUT2D eigenvalue weighted by Crippen LogP contribution is 2.27. The second-order valence-electron chi connectivity index (χ2n) is 2.84. The molecule has 0 aliphatic carbocycles. The van der Waals surface area contributed by atoms with Gasteiger partial charge < -0.3 is 21.0 Å². The molecule has 14 heavy (non-hydrogen) atoms. The normalized spacial score (nSPS) is 10.3. The second kappa shape index (κ2) is 2.95. The lowest BCUT2D eigenvalue weighted by atomic mass is 10.1. The predicted octanol–water partition coefficient (Wildman–Crippen LogP) is 1.21. The summed E-state index contributed by atoms with van der Waals surface area (Å²) < 4.78 is 4.85. The molecule has 0 atom stereocenters. The number of phenols is 1. The van der Waals surface area contributed by atoms with E-state index in [2.05, 4.69) is 4.98 Å². The molecule has 0 amide bonds. The van der Waals surface area contributed by atoms with E-state index in [1.165, 1.54) is 12.3 Å². The number of nitrogens with zero attached hydrogens (tertiary/aromatic N) is 1. The average Bonchev–Trinajstić information content (AvgIpc) is 2.57. The maximum Gasteiger partial charge on any atom is 0.292 e. The molecule has 0 aliphatic heterocycles. The summed E-state index contributed by atoms with van der Waals surface area (Å²) in [4.78, 5) is 3.93. The van der Waals surface area contributed by atoms with Crippen molar-refractivity contribution in [2.75, 3.05) is 11.5 Å². The van der Waals surface area contributed by atoms with Crippen molar-refractivity contribution in [2.45, 2.75) is 0 Å². The summed E-state index contributed by atoms with van der Waals surface area (Å²) in [5.74, 6) is 0.0465. The first-order chi connectivity index (χ1) is 6.66. The number of hydrogen-bond donors (Lipinski definition) is 3. The molecule has 0 saturated heterocycles. The molecular formula is C9H9N3O2. The van der Waals surface area contributed by atoms with Gasteiger partial charge in [-0.2, -0.15) is 4.98 Å². The van der Waals surface area contributed by atoms with Crippen molar-refractivity contribution in [2.24, 2.45) is 0 Å². The number of rotatable bonds is 1. The van der Waals surface area contributed by atoms with E-state index < -0.39 is 0 Å². The molecular weight excluding hydrogens is 182 g/mol. The molecule has 5 heteroatoms. The topological polar surface area (TPSA) is 98.3 Å². The maximum atomic E-state index is 9.20. The largest absolute Gasteiger partial charge is 0.506 e. The number of nitrogens with two attached hydrogens (primary N) is 2. The van der Waals surface area contributed by atoms with Gasteiger partial charge in [0.1, 0.15) is 17.7 Å². The minimum atomic E-state index is 0.0465. The van der Waals surface area contributed by atoms with E-state index in [1.54, 1.807) is 12.1 Å². The summed E-state index contributed by atoms with van der Waals surface area (Å²) in [6.45, 7) is 0. The summed E-state index contributed by atoms with van der Waals surface area (Å²) in [5.41, 5.74) is 12.5. The van der Waals surface area contributed by atoms with Gasteiger partial charge in [-0.25, -0.2) is 0 Å².